The fourth-order valence-electron chi connectivity index (χ4n) is 4.12. The maximum atomic E-state index is 12.6. The fraction of sp³-hybridized carbons (Fsp3) is 0.526. The zero-order valence-electron chi connectivity index (χ0n) is 16.1. The first kappa shape index (κ1) is 21.0. The first-order chi connectivity index (χ1) is 13.4. The number of thioether (sulfide) groups is 1. The molecule has 0 aromatic carbocycles. The number of amidine groups is 1. The van der Waals surface area contributed by atoms with Crippen molar-refractivity contribution in [1.82, 2.24) is 9.97 Å². The van der Waals surface area contributed by atoms with Crippen molar-refractivity contribution in [3.8, 4) is 0 Å². The third-order valence-electron chi connectivity index (χ3n) is 5.87. The molecular formula is C19H27ClN6OS. The lowest BCUT2D eigenvalue weighted by Gasteiger charge is -2.42. The van der Waals surface area contributed by atoms with Crippen molar-refractivity contribution in [2.24, 2.45) is 21.9 Å². The second kappa shape index (κ2) is 8.71. The summed E-state index contributed by atoms with van der Waals surface area (Å²) < 4.78 is 0. The van der Waals surface area contributed by atoms with Crippen LogP contribution in [0.4, 0.5) is 5.82 Å². The molecule has 1 aromatic heterocycles. The molecule has 1 spiro atoms. The maximum Gasteiger partial charge on any atom is 0.291 e. The van der Waals surface area contributed by atoms with Gasteiger partial charge in [-0.05, 0) is 31.1 Å². The van der Waals surface area contributed by atoms with Gasteiger partial charge in [0.2, 0.25) is 0 Å². The number of aromatic amines is 1. The molecule has 1 aliphatic carbocycles. The molecule has 3 rings (SSSR count). The molecule has 0 bridgehead atoms. The molecule has 1 aromatic rings. The second-order valence-corrected chi connectivity index (χ2v) is 8.80. The van der Waals surface area contributed by atoms with Gasteiger partial charge in [-0.15, -0.1) is 0 Å². The normalized spacial score (nSPS) is 23.0. The molecule has 7 nitrogen and oxygen atoms in total. The van der Waals surface area contributed by atoms with Crippen LogP contribution in [0.3, 0.4) is 0 Å². The van der Waals surface area contributed by atoms with Gasteiger partial charge in [-0.25, -0.2) is 4.98 Å². The van der Waals surface area contributed by atoms with Gasteiger partial charge in [-0.1, -0.05) is 42.4 Å². The molecule has 2 aliphatic rings. The summed E-state index contributed by atoms with van der Waals surface area (Å²) >= 11 is 7.45. The van der Waals surface area contributed by atoms with Crippen LogP contribution in [-0.2, 0) is 0 Å². The number of aliphatic imine (C=N–C) groups is 1. The molecule has 2 heterocycles. The Morgan fingerprint density at radius 2 is 2.21 bits per heavy atom. The van der Waals surface area contributed by atoms with E-state index in [1.165, 1.54) is 24.6 Å². The van der Waals surface area contributed by atoms with Crippen LogP contribution in [0.2, 0.25) is 0 Å². The summed E-state index contributed by atoms with van der Waals surface area (Å²) in [6, 6.07) is 0.285. The number of rotatable bonds is 5. The number of hydrogen-bond acceptors (Lipinski definition) is 6. The van der Waals surface area contributed by atoms with Crippen LogP contribution in [0, 0.1) is 5.41 Å². The number of aromatic nitrogens is 2. The van der Waals surface area contributed by atoms with E-state index in [2.05, 4.69) is 26.4 Å². The van der Waals surface area contributed by atoms with E-state index >= 15 is 0 Å². The molecule has 0 radical (unpaired) electrons. The minimum atomic E-state index is -0.215. The number of H-pyrrole nitrogens is 1. The standard InChI is InChI=1S/C19H27ClN6OS/c1-3-12(15(20)16(22)23-2)28-14-11-24-17(18(27)25-14)26-9-7-19(8-10-26)6-4-5-13(19)21/h3,11,13H,1,4-10,21H2,2H3,(H2,22,23)(H,25,27)/b15-12-/t13-/m0/s1. The summed E-state index contributed by atoms with van der Waals surface area (Å²) in [5.41, 5.74) is 12.1. The average molecular weight is 423 g/mol. The van der Waals surface area contributed by atoms with Crippen LogP contribution in [0.1, 0.15) is 32.1 Å². The molecule has 1 aliphatic heterocycles. The summed E-state index contributed by atoms with van der Waals surface area (Å²) in [5, 5.41) is 0.860. The molecule has 2 fully saturated rings. The first-order valence-corrected chi connectivity index (χ1v) is 10.6. The monoisotopic (exact) mass is 422 g/mol. The Balaban J connectivity index is 1.73. The topological polar surface area (TPSA) is 113 Å². The highest BCUT2D eigenvalue weighted by molar-refractivity contribution is 8.03. The van der Waals surface area contributed by atoms with Crippen molar-refractivity contribution >= 4 is 35.0 Å². The van der Waals surface area contributed by atoms with E-state index in [1.807, 2.05) is 0 Å². The summed E-state index contributed by atoms with van der Waals surface area (Å²) in [7, 11) is 1.56. The van der Waals surface area contributed by atoms with Crippen molar-refractivity contribution in [2.75, 3.05) is 25.0 Å². The van der Waals surface area contributed by atoms with E-state index in [0.29, 0.717) is 20.8 Å². The SMILES string of the molecule is C=C/C(Sc1cnc(N2CCC3(CCC[C@@H]3N)CC2)c(=O)[nH]1)=C(/Cl)C(N)=NC. The van der Waals surface area contributed by atoms with Gasteiger partial charge >= 0.3 is 0 Å². The minimum Gasteiger partial charge on any atom is -0.383 e. The molecule has 28 heavy (non-hydrogen) atoms. The summed E-state index contributed by atoms with van der Waals surface area (Å²) in [6.07, 6.45) is 8.76. The van der Waals surface area contributed by atoms with Gasteiger partial charge in [-0.2, -0.15) is 0 Å². The lowest BCUT2D eigenvalue weighted by Crippen LogP contribution is -2.48. The Bertz CT molecular complexity index is 856. The third kappa shape index (κ3) is 4.14. The molecule has 0 amide bonds. The molecule has 5 N–H and O–H groups in total. The summed E-state index contributed by atoms with van der Waals surface area (Å²) in [5.74, 6) is 0.666. The van der Waals surface area contributed by atoms with Crippen LogP contribution in [0.25, 0.3) is 0 Å². The van der Waals surface area contributed by atoms with Crippen molar-refractivity contribution in [3.05, 3.63) is 39.1 Å². The Labute approximate surface area is 174 Å². The van der Waals surface area contributed by atoms with E-state index in [1.54, 1.807) is 19.3 Å². The predicted octanol–water partition coefficient (Wildman–Crippen LogP) is 2.58. The van der Waals surface area contributed by atoms with Gasteiger partial charge in [0, 0.05) is 31.1 Å². The van der Waals surface area contributed by atoms with Gasteiger partial charge in [0.25, 0.3) is 5.56 Å². The van der Waals surface area contributed by atoms with Crippen LogP contribution in [-0.4, -0.2) is 42.0 Å². The molecular weight excluding hydrogens is 396 g/mol. The third-order valence-corrected chi connectivity index (χ3v) is 7.39. The van der Waals surface area contributed by atoms with Gasteiger partial charge in [0.05, 0.1) is 16.3 Å². The highest BCUT2D eigenvalue weighted by Gasteiger charge is 2.43. The lowest BCUT2D eigenvalue weighted by atomic mass is 9.74. The number of nitrogens with zero attached hydrogens (tertiary/aromatic N) is 3. The van der Waals surface area contributed by atoms with Crippen LogP contribution >= 0.6 is 23.4 Å². The molecule has 1 saturated carbocycles. The fourth-order valence-corrected chi connectivity index (χ4v) is 5.17. The van der Waals surface area contributed by atoms with Crippen molar-refractivity contribution in [2.45, 2.75) is 43.2 Å². The Morgan fingerprint density at radius 1 is 1.50 bits per heavy atom. The Hall–Kier alpha value is -1.77. The van der Waals surface area contributed by atoms with Gasteiger partial charge < -0.3 is 21.4 Å². The number of halogens is 1. The molecule has 0 unspecified atom stereocenters. The average Bonchev–Trinajstić information content (AvgIpc) is 3.05. The van der Waals surface area contributed by atoms with Gasteiger partial charge in [0.1, 0.15) is 5.84 Å². The van der Waals surface area contributed by atoms with Crippen molar-refractivity contribution in [1.29, 1.82) is 0 Å². The Morgan fingerprint density at radius 3 is 2.75 bits per heavy atom. The molecule has 152 valence electrons. The summed E-state index contributed by atoms with van der Waals surface area (Å²) in [4.78, 5) is 26.4. The number of hydrogen-bond donors (Lipinski definition) is 3. The van der Waals surface area contributed by atoms with E-state index in [-0.39, 0.29) is 22.9 Å². The zero-order chi connectivity index (χ0) is 20.3. The molecule has 9 heteroatoms. The highest BCUT2D eigenvalue weighted by atomic mass is 35.5. The minimum absolute atomic E-state index is 0.211. The number of allylic oxidation sites excluding steroid dienone is 1. The smallest absolute Gasteiger partial charge is 0.291 e. The Kier molecular flexibility index (Phi) is 6.52. The number of anilines is 1. The first-order valence-electron chi connectivity index (χ1n) is 9.43. The maximum absolute atomic E-state index is 12.6. The quantitative estimate of drug-likeness (QED) is 0.291. The highest BCUT2D eigenvalue weighted by Crippen LogP contribution is 2.45. The van der Waals surface area contributed by atoms with Crippen molar-refractivity contribution < 1.29 is 0 Å². The summed E-state index contributed by atoms with van der Waals surface area (Å²) in [6.45, 7) is 5.36. The second-order valence-electron chi connectivity index (χ2n) is 7.34. The van der Waals surface area contributed by atoms with E-state index in [0.717, 1.165) is 32.4 Å². The number of nitrogens with two attached hydrogens (primary N) is 2. The van der Waals surface area contributed by atoms with Gasteiger partial charge in [0.15, 0.2) is 5.82 Å². The van der Waals surface area contributed by atoms with Crippen molar-refractivity contribution in [3.63, 3.8) is 0 Å². The molecule has 1 saturated heterocycles. The van der Waals surface area contributed by atoms with Crippen LogP contribution in [0.5, 0.6) is 0 Å². The van der Waals surface area contributed by atoms with Crippen LogP contribution in [0.15, 0.2) is 43.6 Å². The molecule has 1 atom stereocenters. The largest absolute Gasteiger partial charge is 0.383 e. The predicted molar refractivity (Wildman–Crippen MR) is 117 cm³/mol. The number of nitrogens with one attached hydrogen (secondary N) is 1. The van der Waals surface area contributed by atoms with E-state index in [4.69, 9.17) is 23.1 Å². The van der Waals surface area contributed by atoms with Crippen LogP contribution < -0.4 is 21.9 Å². The van der Waals surface area contributed by atoms with E-state index < -0.39 is 0 Å². The van der Waals surface area contributed by atoms with E-state index in [9.17, 15) is 4.79 Å². The number of piperidine rings is 1. The lowest BCUT2D eigenvalue weighted by molar-refractivity contribution is 0.197. The van der Waals surface area contributed by atoms with Gasteiger partial charge in [-0.3, -0.25) is 9.79 Å². The zero-order valence-corrected chi connectivity index (χ0v) is 17.7.